The molecule has 8 heteroatoms. The Labute approximate surface area is 131 Å². The molecule has 0 fully saturated rings. The summed E-state index contributed by atoms with van der Waals surface area (Å²) in [4.78, 5) is 27.6. The van der Waals surface area contributed by atoms with E-state index in [0.717, 1.165) is 0 Å². The predicted molar refractivity (Wildman–Crippen MR) is 83.3 cm³/mol. The molecule has 2 amide bonds. The zero-order valence-corrected chi connectivity index (χ0v) is 12.6. The molecular formula is C14H15ClN4O3. The molecule has 7 nitrogen and oxygen atoms in total. The Bertz CT molecular complexity index is 721. The highest BCUT2D eigenvalue weighted by atomic mass is 35.5. The van der Waals surface area contributed by atoms with Crippen LogP contribution in [0.25, 0.3) is 10.9 Å². The second-order valence-electron chi connectivity index (χ2n) is 4.39. The molecule has 22 heavy (non-hydrogen) atoms. The fraction of sp³-hybridized carbons (Fsp3) is 0.214. The lowest BCUT2D eigenvalue weighted by molar-refractivity contribution is -0.126. The molecule has 1 heterocycles. The molecule has 0 radical (unpaired) electrons. The van der Waals surface area contributed by atoms with Crippen molar-refractivity contribution in [1.82, 2.24) is 15.8 Å². The summed E-state index contributed by atoms with van der Waals surface area (Å²) in [6.45, 7) is 2.03. The van der Waals surface area contributed by atoms with Crippen LogP contribution in [0.4, 0.5) is 5.69 Å². The van der Waals surface area contributed by atoms with Crippen molar-refractivity contribution < 1.29 is 14.3 Å². The number of fused-ring (bicyclic) bond motifs is 1. The average Bonchev–Trinajstić information content (AvgIpc) is 2.51. The third kappa shape index (κ3) is 3.63. The van der Waals surface area contributed by atoms with E-state index in [0.29, 0.717) is 22.5 Å². The number of nitrogens with two attached hydrogens (primary N) is 1. The summed E-state index contributed by atoms with van der Waals surface area (Å²) in [6.07, 6.45) is 1.34. The summed E-state index contributed by atoms with van der Waals surface area (Å²) in [5.74, 6) is -1.04. The highest BCUT2D eigenvalue weighted by Gasteiger charge is 2.14. The Morgan fingerprint density at radius 3 is 2.86 bits per heavy atom. The van der Waals surface area contributed by atoms with Crippen LogP contribution in [0.1, 0.15) is 17.3 Å². The number of amides is 2. The van der Waals surface area contributed by atoms with E-state index in [4.69, 9.17) is 22.1 Å². The number of aromatic nitrogens is 1. The van der Waals surface area contributed by atoms with Gasteiger partial charge in [0.1, 0.15) is 6.61 Å². The van der Waals surface area contributed by atoms with Gasteiger partial charge in [0, 0.05) is 23.2 Å². The molecule has 0 saturated carbocycles. The molecule has 1 aromatic heterocycles. The monoisotopic (exact) mass is 322 g/mol. The quantitative estimate of drug-likeness (QED) is 0.735. The fourth-order valence-electron chi connectivity index (χ4n) is 1.79. The first-order chi connectivity index (χ1) is 10.5. The smallest absolute Gasteiger partial charge is 0.273 e. The van der Waals surface area contributed by atoms with Gasteiger partial charge in [-0.2, -0.15) is 0 Å². The number of hydrogen-bond acceptors (Lipinski definition) is 5. The Balaban J connectivity index is 2.14. The largest absolute Gasteiger partial charge is 0.397 e. The van der Waals surface area contributed by atoms with Crippen LogP contribution >= 0.6 is 11.6 Å². The highest BCUT2D eigenvalue weighted by molar-refractivity contribution is 6.31. The molecule has 2 aromatic rings. The van der Waals surface area contributed by atoms with Crippen molar-refractivity contribution in [2.45, 2.75) is 6.92 Å². The number of nitrogens with zero attached hydrogens (tertiary/aromatic N) is 1. The van der Waals surface area contributed by atoms with Crippen LogP contribution in [-0.2, 0) is 9.53 Å². The van der Waals surface area contributed by atoms with Crippen molar-refractivity contribution in [2.75, 3.05) is 18.9 Å². The fourth-order valence-corrected chi connectivity index (χ4v) is 1.96. The standard InChI is InChI=1S/C14H15ClN4O3/c1-2-22-7-12(20)18-19-14(21)10-6-17-11-4-3-8(15)5-9(11)13(10)16/h3-6H,2,7H2,1H3,(H2,16,17)(H,18,20)(H,19,21). The first kappa shape index (κ1) is 16.0. The number of hydrogen-bond donors (Lipinski definition) is 3. The molecule has 0 saturated heterocycles. The van der Waals surface area contributed by atoms with Crippen molar-refractivity contribution in [1.29, 1.82) is 0 Å². The minimum Gasteiger partial charge on any atom is -0.397 e. The number of hydrazine groups is 1. The molecule has 4 N–H and O–H groups in total. The molecule has 1 aromatic carbocycles. The van der Waals surface area contributed by atoms with Crippen LogP contribution < -0.4 is 16.6 Å². The molecule has 0 spiro atoms. The van der Waals surface area contributed by atoms with Crippen LogP contribution in [0.15, 0.2) is 24.4 Å². The number of nitrogen functional groups attached to an aromatic ring is 1. The van der Waals surface area contributed by atoms with Gasteiger partial charge in [-0.15, -0.1) is 0 Å². The van der Waals surface area contributed by atoms with Gasteiger partial charge in [-0.1, -0.05) is 11.6 Å². The van der Waals surface area contributed by atoms with Crippen LogP contribution in [0, 0.1) is 0 Å². The first-order valence-corrected chi connectivity index (χ1v) is 6.91. The van der Waals surface area contributed by atoms with E-state index in [2.05, 4.69) is 15.8 Å². The van der Waals surface area contributed by atoms with E-state index in [9.17, 15) is 9.59 Å². The van der Waals surface area contributed by atoms with Gasteiger partial charge in [-0.3, -0.25) is 25.4 Å². The van der Waals surface area contributed by atoms with E-state index in [1.165, 1.54) is 6.20 Å². The highest BCUT2D eigenvalue weighted by Crippen LogP contribution is 2.25. The number of carbonyl (C=O) groups is 2. The summed E-state index contributed by atoms with van der Waals surface area (Å²) in [6, 6.07) is 5.02. The van der Waals surface area contributed by atoms with Gasteiger partial charge < -0.3 is 10.5 Å². The number of benzene rings is 1. The maximum Gasteiger partial charge on any atom is 0.273 e. The summed E-state index contributed by atoms with van der Waals surface area (Å²) in [5, 5.41) is 1.06. The SMILES string of the molecule is CCOCC(=O)NNC(=O)c1cnc2ccc(Cl)cc2c1N. The maximum absolute atomic E-state index is 12.1. The lowest BCUT2D eigenvalue weighted by Gasteiger charge is -2.10. The number of nitrogens with one attached hydrogen (secondary N) is 2. The number of anilines is 1. The van der Waals surface area contributed by atoms with Crippen LogP contribution in [0.3, 0.4) is 0 Å². The molecule has 116 valence electrons. The van der Waals surface area contributed by atoms with Crippen molar-refractivity contribution in [3.8, 4) is 0 Å². The second-order valence-corrected chi connectivity index (χ2v) is 4.82. The van der Waals surface area contributed by atoms with Gasteiger partial charge in [0.05, 0.1) is 16.8 Å². The van der Waals surface area contributed by atoms with Crippen molar-refractivity contribution in [3.05, 3.63) is 35.0 Å². The Morgan fingerprint density at radius 2 is 2.14 bits per heavy atom. The van der Waals surface area contributed by atoms with E-state index in [1.54, 1.807) is 25.1 Å². The zero-order chi connectivity index (χ0) is 16.1. The number of ether oxygens (including phenoxy) is 1. The number of rotatable bonds is 4. The first-order valence-electron chi connectivity index (χ1n) is 6.53. The number of pyridine rings is 1. The molecule has 0 unspecified atom stereocenters. The number of halogens is 1. The van der Waals surface area contributed by atoms with Gasteiger partial charge in [-0.25, -0.2) is 0 Å². The summed E-state index contributed by atoms with van der Waals surface area (Å²) in [5.41, 5.74) is 11.5. The third-order valence-corrected chi connectivity index (χ3v) is 3.10. The van der Waals surface area contributed by atoms with Gasteiger partial charge in [0.2, 0.25) is 0 Å². The number of carbonyl (C=O) groups excluding carboxylic acids is 2. The molecule has 0 aliphatic rings. The minimum absolute atomic E-state index is 0.141. The van der Waals surface area contributed by atoms with Gasteiger partial charge in [0.15, 0.2) is 0 Å². The van der Waals surface area contributed by atoms with Crippen LogP contribution in [-0.4, -0.2) is 30.0 Å². The van der Waals surface area contributed by atoms with E-state index < -0.39 is 11.8 Å². The summed E-state index contributed by atoms with van der Waals surface area (Å²) >= 11 is 5.92. The molecule has 2 rings (SSSR count). The van der Waals surface area contributed by atoms with Gasteiger partial charge >= 0.3 is 0 Å². The topological polar surface area (TPSA) is 106 Å². The van der Waals surface area contributed by atoms with E-state index in [1.807, 2.05) is 0 Å². The Morgan fingerprint density at radius 1 is 1.36 bits per heavy atom. The summed E-state index contributed by atoms with van der Waals surface area (Å²) < 4.78 is 4.91. The third-order valence-electron chi connectivity index (χ3n) is 2.87. The predicted octanol–water partition coefficient (Wildman–Crippen LogP) is 1.27. The van der Waals surface area contributed by atoms with E-state index in [-0.39, 0.29) is 17.9 Å². The lowest BCUT2D eigenvalue weighted by atomic mass is 10.1. The maximum atomic E-state index is 12.1. The lowest BCUT2D eigenvalue weighted by Crippen LogP contribution is -2.43. The van der Waals surface area contributed by atoms with Crippen molar-refractivity contribution >= 4 is 40.0 Å². The minimum atomic E-state index is -0.572. The van der Waals surface area contributed by atoms with Crippen molar-refractivity contribution in [2.24, 2.45) is 0 Å². The van der Waals surface area contributed by atoms with Crippen LogP contribution in [0.5, 0.6) is 0 Å². The molecule has 0 bridgehead atoms. The van der Waals surface area contributed by atoms with Crippen LogP contribution in [0.2, 0.25) is 5.02 Å². The zero-order valence-electron chi connectivity index (χ0n) is 11.9. The van der Waals surface area contributed by atoms with Gasteiger partial charge in [0.25, 0.3) is 11.8 Å². The molecule has 0 atom stereocenters. The molecule has 0 aliphatic carbocycles. The Kier molecular flexibility index (Phi) is 5.13. The summed E-state index contributed by atoms with van der Waals surface area (Å²) in [7, 11) is 0. The average molecular weight is 323 g/mol. The normalized spacial score (nSPS) is 10.5. The van der Waals surface area contributed by atoms with Gasteiger partial charge in [-0.05, 0) is 25.1 Å². The second kappa shape index (κ2) is 7.06. The molecule has 0 aliphatic heterocycles. The molecular weight excluding hydrogens is 308 g/mol. The van der Waals surface area contributed by atoms with E-state index >= 15 is 0 Å². The van der Waals surface area contributed by atoms with Crippen molar-refractivity contribution in [3.63, 3.8) is 0 Å². The Hall–Kier alpha value is -2.38.